The Bertz CT molecular complexity index is 214. The Hall–Kier alpha value is -1.05. The molecular formula is C9H12O2. The van der Waals surface area contributed by atoms with E-state index in [-0.39, 0.29) is 12.1 Å². The van der Waals surface area contributed by atoms with Crippen LogP contribution in [0.25, 0.3) is 0 Å². The van der Waals surface area contributed by atoms with Gasteiger partial charge in [0, 0.05) is 12.0 Å². The third kappa shape index (κ3) is 1.70. The fraction of sp³-hybridized carbons (Fsp3) is 0.444. The molecule has 2 heteroatoms. The van der Waals surface area contributed by atoms with Gasteiger partial charge in [-0.25, -0.2) is 4.79 Å². The van der Waals surface area contributed by atoms with E-state index in [0.717, 1.165) is 12.0 Å². The second-order valence-electron chi connectivity index (χ2n) is 2.49. The molecule has 0 saturated carbocycles. The molecule has 1 fully saturated rings. The summed E-state index contributed by atoms with van der Waals surface area (Å²) in [6.45, 7) is 3.77. The normalized spacial score (nSPS) is 28.4. The van der Waals surface area contributed by atoms with Gasteiger partial charge in [-0.15, -0.1) is 0 Å². The van der Waals surface area contributed by atoms with E-state index in [1.165, 1.54) is 0 Å². The molecule has 1 heterocycles. The maximum absolute atomic E-state index is 11.0. The number of rotatable bonds is 1. The lowest BCUT2D eigenvalue weighted by Crippen LogP contribution is -2.01. The van der Waals surface area contributed by atoms with Crippen molar-refractivity contribution in [3.63, 3.8) is 0 Å². The summed E-state index contributed by atoms with van der Waals surface area (Å²) in [5, 5.41) is 0. The van der Waals surface area contributed by atoms with Crippen LogP contribution >= 0.6 is 0 Å². The van der Waals surface area contributed by atoms with Gasteiger partial charge in [0.1, 0.15) is 6.10 Å². The molecule has 0 aromatic heterocycles. The van der Waals surface area contributed by atoms with Crippen molar-refractivity contribution in [1.82, 2.24) is 0 Å². The van der Waals surface area contributed by atoms with Crippen molar-refractivity contribution in [2.45, 2.75) is 26.4 Å². The summed E-state index contributed by atoms with van der Waals surface area (Å²) in [5.74, 6) is -0.171. The van der Waals surface area contributed by atoms with Crippen molar-refractivity contribution < 1.29 is 9.53 Å². The maximum atomic E-state index is 11.0. The highest BCUT2D eigenvalue weighted by molar-refractivity contribution is 5.90. The fourth-order valence-corrected chi connectivity index (χ4v) is 1.11. The van der Waals surface area contributed by atoms with Crippen LogP contribution in [0.3, 0.4) is 0 Å². The molecule has 0 aromatic carbocycles. The van der Waals surface area contributed by atoms with E-state index in [1.807, 2.05) is 32.1 Å². The first-order valence-electron chi connectivity index (χ1n) is 3.77. The maximum Gasteiger partial charge on any atom is 0.334 e. The van der Waals surface area contributed by atoms with Gasteiger partial charge in [0.2, 0.25) is 0 Å². The second kappa shape index (κ2) is 3.37. The van der Waals surface area contributed by atoms with Crippen molar-refractivity contribution in [3.05, 3.63) is 23.8 Å². The molecule has 1 saturated heterocycles. The topological polar surface area (TPSA) is 26.3 Å². The molecule has 1 atom stereocenters. The van der Waals surface area contributed by atoms with Crippen molar-refractivity contribution in [2.24, 2.45) is 0 Å². The SMILES string of the molecule is C/C=C1/CC(/C=C/C)OC1=O. The van der Waals surface area contributed by atoms with Crippen LogP contribution in [0.5, 0.6) is 0 Å². The second-order valence-corrected chi connectivity index (χ2v) is 2.49. The van der Waals surface area contributed by atoms with Crippen LogP contribution in [0.2, 0.25) is 0 Å². The van der Waals surface area contributed by atoms with Gasteiger partial charge in [-0.1, -0.05) is 12.2 Å². The van der Waals surface area contributed by atoms with Crippen LogP contribution in [-0.2, 0) is 9.53 Å². The lowest BCUT2D eigenvalue weighted by molar-refractivity contribution is -0.137. The van der Waals surface area contributed by atoms with Crippen molar-refractivity contribution in [2.75, 3.05) is 0 Å². The summed E-state index contributed by atoms with van der Waals surface area (Å²) in [6, 6.07) is 0. The van der Waals surface area contributed by atoms with Crippen LogP contribution in [0.15, 0.2) is 23.8 Å². The largest absolute Gasteiger partial charge is 0.454 e. The van der Waals surface area contributed by atoms with Crippen molar-refractivity contribution in [3.8, 4) is 0 Å². The molecule has 60 valence electrons. The predicted octanol–water partition coefficient (Wildman–Crippen LogP) is 1.82. The van der Waals surface area contributed by atoms with E-state index >= 15 is 0 Å². The average Bonchev–Trinajstić information content (AvgIpc) is 2.32. The van der Waals surface area contributed by atoms with Crippen LogP contribution in [0.1, 0.15) is 20.3 Å². The van der Waals surface area contributed by atoms with Crippen molar-refractivity contribution in [1.29, 1.82) is 0 Å². The van der Waals surface area contributed by atoms with Crippen LogP contribution in [0.4, 0.5) is 0 Å². The number of allylic oxidation sites excluding steroid dienone is 2. The van der Waals surface area contributed by atoms with E-state index in [9.17, 15) is 4.79 Å². The quantitative estimate of drug-likeness (QED) is 0.325. The number of cyclic esters (lactones) is 1. The van der Waals surface area contributed by atoms with Crippen molar-refractivity contribution >= 4 is 5.97 Å². The van der Waals surface area contributed by atoms with E-state index in [4.69, 9.17) is 4.74 Å². The van der Waals surface area contributed by atoms with Crippen LogP contribution < -0.4 is 0 Å². The molecule has 11 heavy (non-hydrogen) atoms. The zero-order valence-electron chi connectivity index (χ0n) is 6.83. The van der Waals surface area contributed by atoms with Gasteiger partial charge in [-0.2, -0.15) is 0 Å². The van der Waals surface area contributed by atoms with Gasteiger partial charge in [-0.3, -0.25) is 0 Å². The van der Waals surface area contributed by atoms with E-state index in [0.29, 0.717) is 0 Å². The Morgan fingerprint density at radius 3 is 2.73 bits per heavy atom. The number of ether oxygens (including phenoxy) is 1. The number of carbonyl (C=O) groups excluding carboxylic acids is 1. The smallest absolute Gasteiger partial charge is 0.334 e. The number of esters is 1. The standard InChI is InChI=1S/C9H12O2/c1-3-5-8-6-7(4-2)9(10)11-8/h3-5,8H,6H2,1-2H3/b5-3+,7-4-. The predicted molar refractivity (Wildman–Crippen MR) is 43.1 cm³/mol. The Balaban J connectivity index is 2.64. The summed E-state index contributed by atoms with van der Waals surface area (Å²) < 4.78 is 5.01. The van der Waals surface area contributed by atoms with Gasteiger partial charge in [0.25, 0.3) is 0 Å². The fourth-order valence-electron chi connectivity index (χ4n) is 1.11. The molecule has 1 rings (SSSR count). The lowest BCUT2D eigenvalue weighted by Gasteiger charge is -1.98. The molecule has 1 unspecified atom stereocenters. The third-order valence-corrected chi connectivity index (χ3v) is 1.70. The highest BCUT2D eigenvalue weighted by Gasteiger charge is 2.25. The minimum Gasteiger partial charge on any atom is -0.454 e. The Labute approximate surface area is 66.5 Å². The van der Waals surface area contributed by atoms with Gasteiger partial charge in [0.05, 0.1) is 0 Å². The monoisotopic (exact) mass is 152 g/mol. The Kier molecular flexibility index (Phi) is 2.47. The molecule has 1 aliphatic heterocycles. The van der Waals surface area contributed by atoms with Gasteiger partial charge < -0.3 is 4.74 Å². The first kappa shape index (κ1) is 8.05. The molecular weight excluding hydrogens is 140 g/mol. The summed E-state index contributed by atoms with van der Waals surface area (Å²) in [4.78, 5) is 11.0. The highest BCUT2D eigenvalue weighted by Crippen LogP contribution is 2.20. The van der Waals surface area contributed by atoms with E-state index < -0.39 is 0 Å². The molecule has 0 amide bonds. The summed E-state index contributed by atoms with van der Waals surface area (Å²) in [6.07, 6.45) is 6.30. The molecule has 0 radical (unpaired) electrons. The van der Waals surface area contributed by atoms with Gasteiger partial charge in [0.15, 0.2) is 0 Å². The molecule has 1 aliphatic rings. The van der Waals surface area contributed by atoms with Crippen LogP contribution in [0, 0.1) is 0 Å². The first-order valence-corrected chi connectivity index (χ1v) is 3.77. The lowest BCUT2D eigenvalue weighted by atomic mass is 10.1. The molecule has 0 spiro atoms. The zero-order chi connectivity index (χ0) is 8.27. The highest BCUT2D eigenvalue weighted by atomic mass is 16.5. The summed E-state index contributed by atoms with van der Waals surface area (Å²) in [7, 11) is 0. The Morgan fingerprint density at radius 2 is 2.27 bits per heavy atom. The van der Waals surface area contributed by atoms with Crippen LogP contribution in [-0.4, -0.2) is 12.1 Å². The molecule has 0 N–H and O–H groups in total. The number of carbonyl (C=O) groups is 1. The van der Waals surface area contributed by atoms with Gasteiger partial charge in [-0.05, 0) is 19.9 Å². The number of hydrogen-bond donors (Lipinski definition) is 0. The van der Waals surface area contributed by atoms with E-state index in [2.05, 4.69) is 0 Å². The van der Waals surface area contributed by atoms with Gasteiger partial charge >= 0.3 is 5.97 Å². The number of hydrogen-bond acceptors (Lipinski definition) is 2. The molecule has 0 aliphatic carbocycles. The Morgan fingerprint density at radius 1 is 1.55 bits per heavy atom. The molecule has 0 bridgehead atoms. The average molecular weight is 152 g/mol. The molecule has 2 nitrogen and oxygen atoms in total. The minimum absolute atomic E-state index is 0.0290. The zero-order valence-corrected chi connectivity index (χ0v) is 6.83. The third-order valence-electron chi connectivity index (χ3n) is 1.70. The summed E-state index contributed by atoms with van der Waals surface area (Å²) in [5.41, 5.74) is 0.785. The first-order chi connectivity index (χ1) is 5.27. The molecule has 0 aromatic rings. The minimum atomic E-state index is -0.171. The van der Waals surface area contributed by atoms with E-state index in [1.54, 1.807) is 0 Å². The summed E-state index contributed by atoms with van der Waals surface area (Å²) >= 11 is 0.